The van der Waals surface area contributed by atoms with Crippen LogP contribution in [0.4, 0.5) is 0 Å². The van der Waals surface area contributed by atoms with Crippen molar-refractivity contribution in [3.8, 4) is 5.88 Å². The van der Waals surface area contributed by atoms with Crippen molar-refractivity contribution < 1.29 is 9.90 Å². The van der Waals surface area contributed by atoms with Crippen molar-refractivity contribution in [2.45, 2.75) is 44.9 Å². The van der Waals surface area contributed by atoms with E-state index in [0.29, 0.717) is 16.8 Å². The Bertz CT molecular complexity index is 567. The molecule has 0 aromatic carbocycles. The largest absolute Gasteiger partial charge is 0.494 e. The second kappa shape index (κ2) is 5.03. The van der Waals surface area contributed by atoms with Crippen LogP contribution < -0.4 is 0 Å². The predicted molar refractivity (Wildman–Crippen MR) is 73.7 cm³/mol. The fourth-order valence-electron chi connectivity index (χ4n) is 2.85. The first kappa shape index (κ1) is 12.2. The maximum atomic E-state index is 11.8. The van der Waals surface area contributed by atoms with E-state index in [1.54, 1.807) is 6.20 Å². The highest BCUT2D eigenvalue weighted by Gasteiger charge is 2.29. The average Bonchev–Trinajstić information content (AvgIpc) is 2.95. The van der Waals surface area contributed by atoms with Gasteiger partial charge in [0, 0.05) is 6.20 Å². The van der Waals surface area contributed by atoms with E-state index in [1.165, 1.54) is 25.7 Å². The standard InChI is InChI=1S/C15H18N2O2/c18-14-11-9-16-15(19)12(11)13(17-14)10-7-5-3-1-2-4-6-8-10/h7,9,16,19H,1-6,8H2/b10-7+. The SMILES string of the molecule is O=C1N=C(/C2=C/CCCCCCC2)c2c1c[nH]c2O. The van der Waals surface area contributed by atoms with Gasteiger partial charge < -0.3 is 10.1 Å². The summed E-state index contributed by atoms with van der Waals surface area (Å²) in [6, 6.07) is 0. The average molecular weight is 258 g/mol. The number of aliphatic imine (C=N–C) groups is 1. The van der Waals surface area contributed by atoms with Gasteiger partial charge in [0.2, 0.25) is 0 Å². The molecule has 2 aliphatic rings. The van der Waals surface area contributed by atoms with Gasteiger partial charge in [-0.3, -0.25) is 4.79 Å². The quantitative estimate of drug-likeness (QED) is 0.811. The molecule has 1 aromatic rings. The molecule has 2 heterocycles. The monoisotopic (exact) mass is 258 g/mol. The highest BCUT2D eigenvalue weighted by Crippen LogP contribution is 2.32. The molecule has 4 heteroatoms. The Kier molecular flexibility index (Phi) is 3.23. The minimum Gasteiger partial charge on any atom is -0.494 e. The summed E-state index contributed by atoms with van der Waals surface area (Å²) in [5, 5.41) is 9.86. The van der Waals surface area contributed by atoms with E-state index in [9.17, 15) is 9.90 Å². The number of carbonyl (C=O) groups is 1. The van der Waals surface area contributed by atoms with E-state index in [2.05, 4.69) is 16.1 Å². The molecule has 0 bridgehead atoms. The lowest BCUT2D eigenvalue weighted by Gasteiger charge is -2.07. The number of aromatic hydroxyl groups is 1. The molecule has 1 aliphatic heterocycles. The summed E-state index contributed by atoms with van der Waals surface area (Å²) >= 11 is 0. The van der Waals surface area contributed by atoms with Crippen LogP contribution >= 0.6 is 0 Å². The van der Waals surface area contributed by atoms with Gasteiger partial charge in [0.15, 0.2) is 5.88 Å². The third-order valence-corrected chi connectivity index (χ3v) is 3.89. The second-order valence-electron chi connectivity index (χ2n) is 5.23. The lowest BCUT2D eigenvalue weighted by atomic mass is 9.98. The number of hydrogen-bond acceptors (Lipinski definition) is 2. The number of carbonyl (C=O) groups excluding carboxylic acids is 1. The predicted octanol–water partition coefficient (Wildman–Crippen LogP) is 3.33. The Balaban J connectivity index is 1.95. The van der Waals surface area contributed by atoms with E-state index in [0.717, 1.165) is 24.8 Å². The number of rotatable bonds is 1. The van der Waals surface area contributed by atoms with Crippen LogP contribution in [-0.2, 0) is 0 Å². The van der Waals surface area contributed by atoms with E-state index in [4.69, 9.17) is 0 Å². The van der Waals surface area contributed by atoms with Crippen LogP contribution in [0.15, 0.2) is 22.8 Å². The maximum Gasteiger partial charge on any atom is 0.279 e. The van der Waals surface area contributed by atoms with Crippen molar-refractivity contribution in [2.75, 3.05) is 0 Å². The van der Waals surface area contributed by atoms with Crippen LogP contribution in [-0.4, -0.2) is 21.7 Å². The Morgan fingerprint density at radius 1 is 1.16 bits per heavy atom. The van der Waals surface area contributed by atoms with Crippen LogP contribution in [0, 0.1) is 0 Å². The zero-order chi connectivity index (χ0) is 13.2. The van der Waals surface area contributed by atoms with E-state index in [1.807, 2.05) is 0 Å². The summed E-state index contributed by atoms with van der Waals surface area (Å²) in [6.45, 7) is 0. The zero-order valence-corrected chi connectivity index (χ0v) is 10.9. The van der Waals surface area contributed by atoms with Crippen molar-refractivity contribution in [1.82, 2.24) is 4.98 Å². The summed E-state index contributed by atoms with van der Waals surface area (Å²) in [7, 11) is 0. The van der Waals surface area contributed by atoms with Crippen LogP contribution in [0.2, 0.25) is 0 Å². The Hall–Kier alpha value is -1.84. The van der Waals surface area contributed by atoms with Gasteiger partial charge in [0.25, 0.3) is 5.91 Å². The third-order valence-electron chi connectivity index (χ3n) is 3.89. The van der Waals surface area contributed by atoms with Crippen LogP contribution in [0.1, 0.15) is 60.9 Å². The van der Waals surface area contributed by atoms with Gasteiger partial charge in [0.1, 0.15) is 0 Å². The molecule has 0 radical (unpaired) electrons. The first-order valence-corrected chi connectivity index (χ1v) is 7.00. The van der Waals surface area contributed by atoms with Crippen molar-refractivity contribution in [3.63, 3.8) is 0 Å². The fourth-order valence-corrected chi connectivity index (χ4v) is 2.85. The van der Waals surface area contributed by atoms with Gasteiger partial charge in [-0.1, -0.05) is 25.3 Å². The molecule has 0 fully saturated rings. The van der Waals surface area contributed by atoms with Crippen molar-refractivity contribution in [2.24, 2.45) is 4.99 Å². The van der Waals surface area contributed by atoms with Gasteiger partial charge in [0.05, 0.1) is 16.8 Å². The minimum atomic E-state index is -0.248. The van der Waals surface area contributed by atoms with Crippen LogP contribution in [0.3, 0.4) is 0 Å². The van der Waals surface area contributed by atoms with Gasteiger partial charge in [-0.2, -0.15) is 0 Å². The molecule has 0 atom stereocenters. The highest BCUT2D eigenvalue weighted by molar-refractivity contribution is 6.28. The number of hydrogen-bond donors (Lipinski definition) is 2. The van der Waals surface area contributed by atoms with Crippen LogP contribution in [0.5, 0.6) is 5.88 Å². The summed E-state index contributed by atoms with van der Waals surface area (Å²) in [4.78, 5) is 18.6. The number of allylic oxidation sites excluding steroid dienone is 2. The summed E-state index contributed by atoms with van der Waals surface area (Å²) in [6.07, 6.45) is 11.8. The van der Waals surface area contributed by atoms with Crippen LogP contribution in [0.25, 0.3) is 0 Å². The van der Waals surface area contributed by atoms with Gasteiger partial charge in [-0.25, -0.2) is 4.99 Å². The van der Waals surface area contributed by atoms with Gasteiger partial charge in [-0.15, -0.1) is 0 Å². The molecule has 1 aliphatic carbocycles. The molecule has 3 rings (SSSR count). The van der Waals surface area contributed by atoms with Crippen molar-refractivity contribution in [3.05, 3.63) is 29.0 Å². The molecule has 100 valence electrons. The molecule has 1 aromatic heterocycles. The van der Waals surface area contributed by atoms with Crippen molar-refractivity contribution >= 4 is 11.6 Å². The molecular formula is C15H18N2O2. The molecular weight excluding hydrogens is 240 g/mol. The normalized spacial score (nSPS) is 22.8. The van der Waals surface area contributed by atoms with E-state index in [-0.39, 0.29) is 11.8 Å². The summed E-state index contributed by atoms with van der Waals surface area (Å²) in [5.41, 5.74) is 2.88. The molecule has 0 unspecified atom stereocenters. The number of aromatic nitrogens is 1. The molecule has 19 heavy (non-hydrogen) atoms. The van der Waals surface area contributed by atoms with E-state index >= 15 is 0 Å². The number of H-pyrrole nitrogens is 1. The topological polar surface area (TPSA) is 65.5 Å². The minimum absolute atomic E-state index is 0.0559. The molecule has 0 saturated heterocycles. The number of nitrogens with zero attached hydrogens (tertiary/aromatic N) is 1. The first-order chi connectivity index (χ1) is 9.27. The highest BCUT2D eigenvalue weighted by atomic mass is 16.3. The molecule has 2 N–H and O–H groups in total. The molecule has 4 nitrogen and oxygen atoms in total. The second-order valence-corrected chi connectivity index (χ2v) is 5.23. The van der Waals surface area contributed by atoms with Crippen molar-refractivity contribution in [1.29, 1.82) is 0 Å². The lowest BCUT2D eigenvalue weighted by molar-refractivity contribution is 0.101. The maximum absolute atomic E-state index is 11.8. The van der Waals surface area contributed by atoms with Gasteiger partial charge >= 0.3 is 0 Å². The van der Waals surface area contributed by atoms with E-state index < -0.39 is 0 Å². The smallest absolute Gasteiger partial charge is 0.279 e. The number of amides is 1. The number of nitrogens with one attached hydrogen (secondary N) is 1. The third kappa shape index (κ3) is 2.23. The Morgan fingerprint density at radius 2 is 1.95 bits per heavy atom. The zero-order valence-electron chi connectivity index (χ0n) is 10.9. The Morgan fingerprint density at radius 3 is 2.84 bits per heavy atom. The lowest BCUT2D eigenvalue weighted by Crippen LogP contribution is -2.03. The Labute approximate surface area is 112 Å². The summed E-state index contributed by atoms with van der Waals surface area (Å²) in [5.74, 6) is -0.192. The first-order valence-electron chi connectivity index (χ1n) is 7.00. The van der Waals surface area contributed by atoms with Gasteiger partial charge in [-0.05, 0) is 31.3 Å². The number of aromatic amines is 1. The number of fused-ring (bicyclic) bond motifs is 1. The molecule has 1 amide bonds. The fraction of sp³-hybridized carbons (Fsp3) is 0.467. The summed E-state index contributed by atoms with van der Waals surface area (Å²) < 4.78 is 0. The molecule has 0 spiro atoms. The molecule has 0 saturated carbocycles.